The average Bonchev–Trinajstić information content (AvgIpc) is 2.47. The van der Waals surface area contributed by atoms with Gasteiger partial charge < -0.3 is 15.5 Å². The first-order chi connectivity index (χ1) is 9.99. The van der Waals surface area contributed by atoms with Gasteiger partial charge in [-0.3, -0.25) is 9.59 Å². The molecule has 1 unspecified atom stereocenters. The molecule has 1 heterocycles. The second-order valence-electron chi connectivity index (χ2n) is 5.29. The van der Waals surface area contributed by atoms with Crippen molar-refractivity contribution in [2.24, 2.45) is 0 Å². The Hall–Kier alpha value is -1.30. The molecule has 5 nitrogen and oxygen atoms in total. The van der Waals surface area contributed by atoms with E-state index in [1.807, 2.05) is 11.8 Å². The van der Waals surface area contributed by atoms with Crippen LogP contribution >= 0.6 is 24.0 Å². The highest BCUT2D eigenvalue weighted by Gasteiger charge is 2.27. The van der Waals surface area contributed by atoms with Crippen LogP contribution in [0.2, 0.25) is 5.02 Å². The molecule has 1 aromatic rings. The van der Waals surface area contributed by atoms with Gasteiger partial charge in [0, 0.05) is 36.3 Å². The Morgan fingerprint density at radius 3 is 2.59 bits per heavy atom. The zero-order valence-electron chi connectivity index (χ0n) is 12.6. The molecule has 1 fully saturated rings. The molecule has 7 heteroatoms. The van der Waals surface area contributed by atoms with Gasteiger partial charge >= 0.3 is 0 Å². The summed E-state index contributed by atoms with van der Waals surface area (Å²) in [6.45, 7) is 5.95. The minimum absolute atomic E-state index is 0. The molecule has 0 radical (unpaired) electrons. The molecule has 2 N–H and O–H groups in total. The minimum atomic E-state index is -0.547. The molecular formula is C15H21Cl2N3O2. The van der Waals surface area contributed by atoms with E-state index in [0.29, 0.717) is 17.1 Å². The summed E-state index contributed by atoms with van der Waals surface area (Å²) in [5.41, 5.74) is 0.493. The number of hydrogen-bond acceptors (Lipinski definition) is 3. The fraction of sp³-hybridized carbons (Fsp3) is 0.467. The quantitative estimate of drug-likeness (QED) is 0.876. The third-order valence-corrected chi connectivity index (χ3v) is 3.86. The first-order valence-corrected chi connectivity index (χ1v) is 7.44. The molecule has 22 heavy (non-hydrogen) atoms. The topological polar surface area (TPSA) is 61.4 Å². The van der Waals surface area contributed by atoms with Gasteiger partial charge in [0.25, 0.3) is 5.91 Å². The van der Waals surface area contributed by atoms with Gasteiger partial charge in [-0.25, -0.2) is 0 Å². The number of nitrogens with one attached hydrogen (secondary N) is 2. The van der Waals surface area contributed by atoms with E-state index in [1.165, 1.54) is 0 Å². The van der Waals surface area contributed by atoms with Crippen LogP contribution < -0.4 is 10.6 Å². The van der Waals surface area contributed by atoms with Crippen LogP contribution in [-0.2, 0) is 4.79 Å². The Morgan fingerprint density at radius 1 is 1.36 bits per heavy atom. The minimum Gasteiger partial charge on any atom is -0.341 e. The van der Waals surface area contributed by atoms with Gasteiger partial charge in [-0.2, -0.15) is 0 Å². The molecule has 0 spiro atoms. The molecule has 0 bridgehead atoms. The highest BCUT2D eigenvalue weighted by molar-refractivity contribution is 6.30. The summed E-state index contributed by atoms with van der Waals surface area (Å²) < 4.78 is 0. The lowest BCUT2D eigenvalue weighted by Gasteiger charge is -2.35. The van der Waals surface area contributed by atoms with Gasteiger partial charge in [0.1, 0.15) is 6.04 Å². The molecule has 0 aliphatic carbocycles. The molecule has 1 aliphatic heterocycles. The number of hydrogen-bond donors (Lipinski definition) is 2. The van der Waals surface area contributed by atoms with Crippen molar-refractivity contribution in [3.8, 4) is 0 Å². The summed E-state index contributed by atoms with van der Waals surface area (Å²) in [4.78, 5) is 26.3. The van der Waals surface area contributed by atoms with Gasteiger partial charge in [0.15, 0.2) is 0 Å². The van der Waals surface area contributed by atoms with Gasteiger partial charge in [0.2, 0.25) is 5.91 Å². The number of rotatable bonds is 3. The third-order valence-electron chi connectivity index (χ3n) is 3.61. The Morgan fingerprint density at radius 2 is 2.00 bits per heavy atom. The second-order valence-corrected chi connectivity index (χ2v) is 5.72. The molecule has 0 aromatic heterocycles. The summed E-state index contributed by atoms with van der Waals surface area (Å²) in [5.74, 6) is -0.318. The van der Waals surface area contributed by atoms with E-state index in [9.17, 15) is 9.59 Å². The van der Waals surface area contributed by atoms with E-state index in [0.717, 1.165) is 13.1 Å². The lowest BCUT2D eigenvalue weighted by molar-refractivity contribution is -0.135. The van der Waals surface area contributed by atoms with Crippen LogP contribution in [0.1, 0.15) is 24.2 Å². The van der Waals surface area contributed by atoms with E-state index in [2.05, 4.69) is 10.6 Å². The number of carbonyl (C=O) groups is 2. The summed E-state index contributed by atoms with van der Waals surface area (Å²) in [6.07, 6.45) is 0. The maximum atomic E-state index is 12.4. The van der Waals surface area contributed by atoms with Crippen LogP contribution in [0.3, 0.4) is 0 Å². The molecular weight excluding hydrogens is 325 g/mol. The Kier molecular flexibility index (Phi) is 7.13. The molecule has 2 amide bonds. The van der Waals surface area contributed by atoms with E-state index in [1.54, 1.807) is 31.2 Å². The Labute approximate surface area is 141 Å². The van der Waals surface area contributed by atoms with Crippen molar-refractivity contribution in [1.29, 1.82) is 0 Å². The standard InChI is InChI=1S/C15H20ClN3O2.ClH/c1-10-9-17-7-8-19(10)15(21)11(2)18-14(20)12-3-5-13(16)6-4-12;/h3-6,10-11,17H,7-9H2,1-2H3,(H,18,20);1H/t10-,11?;/m0./s1. The lowest BCUT2D eigenvalue weighted by atomic mass is 10.1. The number of piperazine rings is 1. The van der Waals surface area contributed by atoms with Crippen LogP contribution in [-0.4, -0.2) is 48.4 Å². The number of amides is 2. The van der Waals surface area contributed by atoms with Crippen LogP contribution in [0.4, 0.5) is 0 Å². The number of nitrogens with zero attached hydrogens (tertiary/aromatic N) is 1. The molecule has 122 valence electrons. The summed E-state index contributed by atoms with van der Waals surface area (Å²) in [7, 11) is 0. The largest absolute Gasteiger partial charge is 0.341 e. The summed E-state index contributed by atoms with van der Waals surface area (Å²) >= 11 is 5.79. The molecule has 1 aliphatic rings. The van der Waals surface area contributed by atoms with E-state index in [4.69, 9.17) is 11.6 Å². The maximum absolute atomic E-state index is 12.4. The van der Waals surface area contributed by atoms with Crippen LogP contribution in [0.15, 0.2) is 24.3 Å². The first kappa shape index (κ1) is 18.7. The van der Waals surface area contributed by atoms with E-state index >= 15 is 0 Å². The average molecular weight is 346 g/mol. The predicted molar refractivity (Wildman–Crippen MR) is 89.7 cm³/mol. The van der Waals surface area contributed by atoms with Crippen molar-refractivity contribution in [3.05, 3.63) is 34.9 Å². The predicted octanol–water partition coefficient (Wildman–Crippen LogP) is 1.70. The van der Waals surface area contributed by atoms with Gasteiger partial charge in [-0.1, -0.05) is 11.6 Å². The molecule has 1 aromatic carbocycles. The van der Waals surface area contributed by atoms with Crippen LogP contribution in [0.5, 0.6) is 0 Å². The first-order valence-electron chi connectivity index (χ1n) is 7.06. The Bertz CT molecular complexity index is 522. The van der Waals surface area contributed by atoms with Crippen molar-refractivity contribution < 1.29 is 9.59 Å². The van der Waals surface area contributed by atoms with Crippen LogP contribution in [0.25, 0.3) is 0 Å². The molecule has 1 saturated heterocycles. The maximum Gasteiger partial charge on any atom is 0.251 e. The van der Waals surface area contributed by atoms with Crippen molar-refractivity contribution >= 4 is 35.8 Å². The van der Waals surface area contributed by atoms with E-state index in [-0.39, 0.29) is 30.3 Å². The smallest absolute Gasteiger partial charge is 0.251 e. The second kappa shape index (κ2) is 8.36. The number of halogens is 2. The zero-order valence-corrected chi connectivity index (χ0v) is 14.2. The molecule has 0 saturated carbocycles. The van der Waals surface area contributed by atoms with E-state index < -0.39 is 6.04 Å². The summed E-state index contributed by atoms with van der Waals surface area (Å²) in [5, 5.41) is 6.55. The Balaban J connectivity index is 0.00000242. The fourth-order valence-electron chi connectivity index (χ4n) is 2.36. The van der Waals surface area contributed by atoms with Crippen molar-refractivity contribution in [1.82, 2.24) is 15.5 Å². The normalized spacial score (nSPS) is 19.0. The van der Waals surface area contributed by atoms with Gasteiger partial charge in [-0.15, -0.1) is 12.4 Å². The van der Waals surface area contributed by atoms with Crippen molar-refractivity contribution in [2.45, 2.75) is 25.9 Å². The highest BCUT2D eigenvalue weighted by Crippen LogP contribution is 2.10. The van der Waals surface area contributed by atoms with Gasteiger partial charge in [-0.05, 0) is 38.1 Å². The van der Waals surface area contributed by atoms with Crippen molar-refractivity contribution in [2.75, 3.05) is 19.6 Å². The van der Waals surface area contributed by atoms with Gasteiger partial charge in [0.05, 0.1) is 0 Å². The molecule has 2 atom stereocenters. The van der Waals surface area contributed by atoms with Crippen LogP contribution in [0, 0.1) is 0 Å². The number of benzene rings is 1. The highest BCUT2D eigenvalue weighted by atomic mass is 35.5. The monoisotopic (exact) mass is 345 g/mol. The summed E-state index contributed by atoms with van der Waals surface area (Å²) in [6, 6.07) is 6.18. The van der Waals surface area contributed by atoms with Crippen molar-refractivity contribution in [3.63, 3.8) is 0 Å². The lowest BCUT2D eigenvalue weighted by Crippen LogP contribution is -2.57. The SMILES string of the molecule is CC(NC(=O)c1ccc(Cl)cc1)C(=O)N1CCNC[C@@H]1C.Cl. The fourth-order valence-corrected chi connectivity index (χ4v) is 2.49. The zero-order chi connectivity index (χ0) is 15.4. The number of carbonyl (C=O) groups excluding carboxylic acids is 2. The molecule has 2 rings (SSSR count). The third kappa shape index (κ3) is 4.60.